The number of carbonyl (C=O) groups excluding carboxylic acids is 2. The number of unbranched alkanes of at least 4 members (excludes halogenated alkanes) is 2. The molecule has 2 saturated heterocycles. The third kappa shape index (κ3) is 10.4. The normalized spacial score (nSPS) is 21.2. The molecule has 3 aromatic rings. The van der Waals surface area contributed by atoms with E-state index in [2.05, 4.69) is 45.9 Å². The van der Waals surface area contributed by atoms with Crippen molar-refractivity contribution < 1.29 is 28.9 Å². The first-order chi connectivity index (χ1) is 23.4. The van der Waals surface area contributed by atoms with Crippen LogP contribution >= 0.6 is 0 Å². The molecule has 5 rings (SSSR count). The van der Waals surface area contributed by atoms with E-state index in [4.69, 9.17) is 14.2 Å². The SMILES string of the molecule is COC[C@@H]1CCCN1C[C@H]1C[C@@H](c2ccc(CO)cc2)O[C@@H](c2cccc(-c3cccc(CNC(=O)CCCCCNC(C)=O)c3)c2)O1. The molecule has 2 heterocycles. The highest BCUT2D eigenvalue weighted by molar-refractivity contribution is 5.76. The van der Waals surface area contributed by atoms with Gasteiger partial charge in [-0.2, -0.15) is 0 Å². The standard InChI is InChI=1S/C39H51N3O6/c1-28(44)40-19-5-3-4-14-38(45)41-24-30-9-6-10-32(21-30)33-11-7-12-34(22-33)39-47-36(25-42-20-8-13-35(42)27-46-2)23-37(48-39)31-17-15-29(26-43)16-18-31/h6-7,9-12,15-18,21-22,35-37,39,43H,3-5,8,13-14,19-20,23-27H2,1-2H3,(H,40,44)(H,41,45)/t35-,36+,37-,39-/m0/s1. The zero-order valence-corrected chi connectivity index (χ0v) is 28.4. The van der Waals surface area contributed by atoms with Crippen LogP contribution in [0.4, 0.5) is 0 Å². The summed E-state index contributed by atoms with van der Waals surface area (Å²) in [5.41, 5.74) is 6.06. The van der Waals surface area contributed by atoms with Gasteiger partial charge < -0.3 is 30.0 Å². The van der Waals surface area contributed by atoms with E-state index in [0.29, 0.717) is 25.6 Å². The van der Waals surface area contributed by atoms with Crippen LogP contribution in [0.25, 0.3) is 11.1 Å². The molecule has 2 amide bonds. The van der Waals surface area contributed by atoms with Crippen molar-refractivity contribution in [3.8, 4) is 11.1 Å². The predicted molar refractivity (Wildman–Crippen MR) is 186 cm³/mol. The maximum absolute atomic E-state index is 12.4. The van der Waals surface area contributed by atoms with Crippen LogP contribution in [0, 0.1) is 0 Å². The molecule has 0 saturated carbocycles. The number of aliphatic hydroxyl groups excluding tert-OH is 1. The van der Waals surface area contributed by atoms with Gasteiger partial charge in [0.1, 0.15) is 0 Å². The molecule has 3 N–H and O–H groups in total. The molecule has 0 aliphatic carbocycles. The summed E-state index contributed by atoms with van der Waals surface area (Å²) in [6, 6.07) is 25.0. The lowest BCUT2D eigenvalue weighted by Crippen LogP contribution is -2.42. The smallest absolute Gasteiger partial charge is 0.220 e. The Morgan fingerprint density at radius 1 is 0.917 bits per heavy atom. The van der Waals surface area contributed by atoms with Gasteiger partial charge in [0.05, 0.1) is 25.4 Å². The second-order valence-corrected chi connectivity index (χ2v) is 13.0. The molecule has 2 aliphatic heterocycles. The second-order valence-electron chi connectivity index (χ2n) is 13.0. The average molecular weight is 658 g/mol. The lowest BCUT2D eigenvalue weighted by molar-refractivity contribution is -0.253. The number of nitrogens with one attached hydrogen (secondary N) is 2. The highest BCUT2D eigenvalue weighted by Crippen LogP contribution is 2.39. The Morgan fingerprint density at radius 2 is 1.71 bits per heavy atom. The van der Waals surface area contributed by atoms with E-state index in [-0.39, 0.29) is 30.6 Å². The topological polar surface area (TPSA) is 109 Å². The maximum Gasteiger partial charge on any atom is 0.220 e. The number of likely N-dealkylation sites (tertiary alicyclic amines) is 1. The summed E-state index contributed by atoms with van der Waals surface area (Å²) in [6.45, 7) is 5.23. The fourth-order valence-corrected chi connectivity index (χ4v) is 6.68. The summed E-state index contributed by atoms with van der Waals surface area (Å²) in [6.07, 6.45) is 5.40. The molecule has 48 heavy (non-hydrogen) atoms. The summed E-state index contributed by atoms with van der Waals surface area (Å²) >= 11 is 0. The number of hydrogen-bond acceptors (Lipinski definition) is 7. The Balaban J connectivity index is 1.24. The van der Waals surface area contributed by atoms with Crippen LogP contribution in [0.15, 0.2) is 72.8 Å². The predicted octanol–water partition coefficient (Wildman–Crippen LogP) is 5.81. The van der Waals surface area contributed by atoms with E-state index < -0.39 is 6.29 Å². The van der Waals surface area contributed by atoms with E-state index in [1.165, 1.54) is 13.3 Å². The molecule has 0 aromatic heterocycles. The van der Waals surface area contributed by atoms with Crippen molar-refractivity contribution in [3.63, 3.8) is 0 Å². The van der Waals surface area contributed by atoms with Crippen LogP contribution in [-0.4, -0.2) is 67.3 Å². The zero-order valence-electron chi connectivity index (χ0n) is 28.4. The number of methoxy groups -OCH3 is 1. The number of carbonyl (C=O) groups is 2. The number of aliphatic hydroxyl groups is 1. The molecular weight excluding hydrogens is 606 g/mol. The van der Waals surface area contributed by atoms with E-state index in [1.807, 2.05) is 42.5 Å². The molecule has 9 nitrogen and oxygen atoms in total. The first kappa shape index (κ1) is 35.7. The molecule has 3 aromatic carbocycles. The van der Waals surface area contributed by atoms with Crippen LogP contribution in [0.5, 0.6) is 0 Å². The van der Waals surface area contributed by atoms with Crippen molar-refractivity contribution >= 4 is 11.8 Å². The number of ether oxygens (including phenoxy) is 3. The van der Waals surface area contributed by atoms with Gasteiger partial charge in [0.15, 0.2) is 6.29 Å². The molecule has 0 spiro atoms. The molecule has 4 atom stereocenters. The Hall–Kier alpha value is -3.60. The molecule has 0 bridgehead atoms. The van der Waals surface area contributed by atoms with Crippen LogP contribution < -0.4 is 10.6 Å². The molecule has 2 aliphatic rings. The van der Waals surface area contributed by atoms with Crippen LogP contribution in [0.1, 0.15) is 86.5 Å². The Bertz CT molecular complexity index is 1460. The van der Waals surface area contributed by atoms with Crippen molar-refractivity contribution in [2.45, 2.75) is 89.6 Å². The minimum Gasteiger partial charge on any atom is -0.392 e. The van der Waals surface area contributed by atoms with Gasteiger partial charge in [0, 0.05) is 58.1 Å². The van der Waals surface area contributed by atoms with Gasteiger partial charge in [-0.05, 0) is 72.2 Å². The summed E-state index contributed by atoms with van der Waals surface area (Å²) < 4.78 is 18.9. The number of nitrogens with zero attached hydrogens (tertiary/aromatic N) is 1. The first-order valence-electron chi connectivity index (χ1n) is 17.4. The molecule has 258 valence electrons. The van der Waals surface area contributed by atoms with Gasteiger partial charge in [-0.1, -0.05) is 67.1 Å². The third-order valence-electron chi connectivity index (χ3n) is 9.27. The quantitative estimate of drug-likeness (QED) is 0.167. The summed E-state index contributed by atoms with van der Waals surface area (Å²) in [4.78, 5) is 25.9. The maximum atomic E-state index is 12.4. The zero-order chi connectivity index (χ0) is 33.7. The van der Waals surface area contributed by atoms with E-state index >= 15 is 0 Å². The fraction of sp³-hybridized carbons (Fsp3) is 0.487. The van der Waals surface area contributed by atoms with Gasteiger partial charge in [-0.25, -0.2) is 0 Å². The molecular formula is C39H51N3O6. The number of rotatable bonds is 16. The number of hydrogen-bond donors (Lipinski definition) is 3. The summed E-state index contributed by atoms with van der Waals surface area (Å²) in [5, 5.41) is 15.4. The van der Waals surface area contributed by atoms with Crippen molar-refractivity contribution in [2.75, 3.05) is 33.4 Å². The molecule has 0 unspecified atom stereocenters. The van der Waals surface area contributed by atoms with Gasteiger partial charge >= 0.3 is 0 Å². The van der Waals surface area contributed by atoms with Crippen molar-refractivity contribution in [1.29, 1.82) is 0 Å². The lowest BCUT2D eigenvalue weighted by atomic mass is 9.98. The van der Waals surface area contributed by atoms with Crippen LogP contribution in [0.2, 0.25) is 0 Å². The second kappa shape index (κ2) is 18.2. The average Bonchev–Trinajstić information content (AvgIpc) is 3.55. The van der Waals surface area contributed by atoms with Crippen molar-refractivity contribution in [3.05, 3.63) is 95.1 Å². The molecule has 0 radical (unpaired) electrons. The van der Waals surface area contributed by atoms with E-state index in [1.54, 1.807) is 7.11 Å². The number of benzene rings is 3. The Morgan fingerprint density at radius 3 is 2.48 bits per heavy atom. The Kier molecular flexibility index (Phi) is 13.6. The number of amides is 2. The third-order valence-corrected chi connectivity index (χ3v) is 9.27. The van der Waals surface area contributed by atoms with E-state index in [0.717, 1.165) is 85.2 Å². The monoisotopic (exact) mass is 657 g/mol. The van der Waals surface area contributed by atoms with Gasteiger partial charge in [0.25, 0.3) is 0 Å². The fourth-order valence-electron chi connectivity index (χ4n) is 6.68. The highest BCUT2D eigenvalue weighted by atomic mass is 16.7. The van der Waals surface area contributed by atoms with E-state index in [9.17, 15) is 14.7 Å². The summed E-state index contributed by atoms with van der Waals surface area (Å²) in [5.74, 6) is 0.0110. The molecule has 9 heteroatoms. The van der Waals surface area contributed by atoms with Crippen LogP contribution in [-0.2, 0) is 37.0 Å². The van der Waals surface area contributed by atoms with Crippen molar-refractivity contribution in [2.24, 2.45) is 0 Å². The highest BCUT2D eigenvalue weighted by Gasteiger charge is 2.35. The largest absolute Gasteiger partial charge is 0.392 e. The minimum absolute atomic E-state index is 0.0124. The Labute approximate surface area is 285 Å². The summed E-state index contributed by atoms with van der Waals surface area (Å²) in [7, 11) is 1.77. The minimum atomic E-state index is -0.532. The molecule has 2 fully saturated rings. The van der Waals surface area contributed by atoms with Gasteiger partial charge in [-0.15, -0.1) is 0 Å². The lowest BCUT2D eigenvalue weighted by Gasteiger charge is -2.39. The van der Waals surface area contributed by atoms with Crippen LogP contribution in [0.3, 0.4) is 0 Å². The van der Waals surface area contributed by atoms with Gasteiger partial charge in [-0.3, -0.25) is 14.5 Å². The van der Waals surface area contributed by atoms with Gasteiger partial charge in [0.2, 0.25) is 11.8 Å². The van der Waals surface area contributed by atoms with Crippen molar-refractivity contribution in [1.82, 2.24) is 15.5 Å². The first-order valence-corrected chi connectivity index (χ1v) is 17.4.